The number of amides is 1. The Morgan fingerprint density at radius 1 is 1.31 bits per heavy atom. The number of anilines is 1. The van der Waals surface area contributed by atoms with Gasteiger partial charge in [0.2, 0.25) is 5.91 Å². The number of rotatable bonds is 4. The molecule has 1 aromatic rings. The van der Waals surface area contributed by atoms with Crippen LogP contribution in [0.3, 0.4) is 0 Å². The summed E-state index contributed by atoms with van der Waals surface area (Å²) >= 11 is 0. The maximum atomic E-state index is 12.8. The first kappa shape index (κ1) is 20.0. The SMILES string of the molecule is NC1=NS(=O)(=O)Nc2cccc(OC[C@H]3CCCN(C(=O)C4CCOCC4)C3)c21. The lowest BCUT2D eigenvalue weighted by molar-refractivity contribution is -0.140. The summed E-state index contributed by atoms with van der Waals surface area (Å²) in [7, 11) is -3.82. The normalized spacial score (nSPS) is 24.2. The summed E-state index contributed by atoms with van der Waals surface area (Å²) in [6, 6.07) is 5.07. The number of carbonyl (C=O) groups excluding carboxylic acids is 1. The highest BCUT2D eigenvalue weighted by Gasteiger charge is 2.31. The zero-order valence-electron chi connectivity index (χ0n) is 16.2. The van der Waals surface area contributed by atoms with E-state index < -0.39 is 10.2 Å². The van der Waals surface area contributed by atoms with Crippen LogP contribution in [0.25, 0.3) is 0 Å². The number of nitrogens with zero attached hydrogens (tertiary/aromatic N) is 2. The van der Waals surface area contributed by atoms with Gasteiger partial charge >= 0.3 is 10.2 Å². The lowest BCUT2D eigenvalue weighted by Gasteiger charge is -2.36. The predicted octanol–water partition coefficient (Wildman–Crippen LogP) is 1.11. The fourth-order valence-corrected chi connectivity index (χ4v) is 4.99. The molecule has 0 saturated carbocycles. The average Bonchev–Trinajstić information content (AvgIpc) is 2.71. The van der Waals surface area contributed by atoms with Gasteiger partial charge in [-0.05, 0) is 37.8 Å². The van der Waals surface area contributed by atoms with Gasteiger partial charge in [-0.15, -0.1) is 4.40 Å². The van der Waals surface area contributed by atoms with E-state index >= 15 is 0 Å². The van der Waals surface area contributed by atoms with Crippen LogP contribution < -0.4 is 15.2 Å². The third kappa shape index (κ3) is 4.48. The molecule has 0 radical (unpaired) electrons. The smallest absolute Gasteiger partial charge is 0.344 e. The van der Waals surface area contributed by atoms with Crippen molar-refractivity contribution >= 4 is 27.6 Å². The minimum Gasteiger partial charge on any atom is -0.492 e. The Bertz CT molecular complexity index is 911. The van der Waals surface area contributed by atoms with E-state index in [-0.39, 0.29) is 23.6 Å². The number of fused-ring (bicyclic) bond motifs is 1. The fraction of sp³-hybridized carbons (Fsp3) is 0.579. The van der Waals surface area contributed by atoms with Crippen molar-refractivity contribution in [1.29, 1.82) is 0 Å². The van der Waals surface area contributed by atoms with Crippen molar-refractivity contribution in [1.82, 2.24) is 4.90 Å². The number of hydrogen-bond donors (Lipinski definition) is 2. The molecule has 4 rings (SSSR count). The van der Waals surface area contributed by atoms with E-state index in [1.807, 2.05) is 4.90 Å². The molecule has 3 aliphatic rings. The van der Waals surface area contributed by atoms with Crippen LogP contribution in [0, 0.1) is 11.8 Å². The lowest BCUT2D eigenvalue weighted by atomic mass is 9.94. The second-order valence-electron chi connectivity index (χ2n) is 7.72. The van der Waals surface area contributed by atoms with Crippen molar-refractivity contribution in [2.75, 3.05) is 37.6 Å². The molecule has 1 amide bonds. The van der Waals surface area contributed by atoms with Gasteiger partial charge < -0.3 is 20.1 Å². The summed E-state index contributed by atoms with van der Waals surface area (Å²) in [6.07, 6.45) is 3.50. The summed E-state index contributed by atoms with van der Waals surface area (Å²) in [5, 5.41) is 0. The van der Waals surface area contributed by atoms with Crippen LogP contribution in [0.1, 0.15) is 31.2 Å². The number of benzene rings is 1. The molecule has 3 aliphatic heterocycles. The number of nitrogens with two attached hydrogens (primary N) is 1. The van der Waals surface area contributed by atoms with Crippen LogP contribution in [-0.2, 0) is 19.7 Å². The van der Waals surface area contributed by atoms with Crippen molar-refractivity contribution in [2.24, 2.45) is 22.0 Å². The quantitative estimate of drug-likeness (QED) is 0.749. The van der Waals surface area contributed by atoms with Gasteiger partial charge in [0, 0.05) is 38.1 Å². The number of amidine groups is 1. The van der Waals surface area contributed by atoms with Crippen molar-refractivity contribution in [2.45, 2.75) is 25.7 Å². The molecule has 9 nitrogen and oxygen atoms in total. The van der Waals surface area contributed by atoms with Crippen LogP contribution in [0.4, 0.5) is 5.69 Å². The lowest BCUT2D eigenvalue weighted by Crippen LogP contribution is -2.45. The molecule has 1 atom stereocenters. The van der Waals surface area contributed by atoms with E-state index in [0.29, 0.717) is 43.4 Å². The first-order valence-electron chi connectivity index (χ1n) is 9.94. The number of hydrogen-bond acceptors (Lipinski definition) is 6. The predicted molar refractivity (Wildman–Crippen MR) is 108 cm³/mol. The van der Waals surface area contributed by atoms with E-state index in [2.05, 4.69) is 9.12 Å². The fourth-order valence-electron chi connectivity index (χ4n) is 4.15. The summed E-state index contributed by atoms with van der Waals surface area (Å²) in [5.41, 5.74) is 6.67. The summed E-state index contributed by atoms with van der Waals surface area (Å²) in [6.45, 7) is 3.19. The number of ether oxygens (including phenoxy) is 2. The highest BCUT2D eigenvalue weighted by molar-refractivity contribution is 7.91. The Morgan fingerprint density at radius 3 is 2.90 bits per heavy atom. The van der Waals surface area contributed by atoms with Gasteiger partial charge in [0.25, 0.3) is 0 Å². The Hall–Kier alpha value is -2.33. The highest BCUT2D eigenvalue weighted by Crippen LogP contribution is 2.31. The van der Waals surface area contributed by atoms with Gasteiger partial charge in [0.05, 0.1) is 17.9 Å². The van der Waals surface area contributed by atoms with Crippen LogP contribution in [0.2, 0.25) is 0 Å². The van der Waals surface area contributed by atoms with Crippen LogP contribution >= 0.6 is 0 Å². The molecule has 3 heterocycles. The van der Waals surface area contributed by atoms with Gasteiger partial charge in [0.1, 0.15) is 5.75 Å². The minimum atomic E-state index is -3.82. The Kier molecular flexibility index (Phi) is 5.64. The van der Waals surface area contributed by atoms with Crippen LogP contribution in [-0.4, -0.2) is 58.0 Å². The van der Waals surface area contributed by atoms with Gasteiger partial charge in [-0.3, -0.25) is 9.52 Å². The third-order valence-corrected chi connectivity index (χ3v) is 6.53. The molecule has 0 unspecified atom stereocenters. The number of carbonyl (C=O) groups is 1. The molecular formula is C19H26N4O5S. The monoisotopic (exact) mass is 422 g/mol. The molecule has 1 aromatic carbocycles. The van der Waals surface area contributed by atoms with E-state index in [1.165, 1.54) is 0 Å². The van der Waals surface area contributed by atoms with E-state index in [9.17, 15) is 13.2 Å². The minimum absolute atomic E-state index is 0.0635. The average molecular weight is 423 g/mol. The number of piperidine rings is 1. The standard InChI is InChI=1S/C19H26N4O5S/c20-18-17-15(21-29(25,26)22-18)4-1-5-16(17)28-12-13-3-2-8-23(11-13)19(24)14-6-9-27-10-7-14/h1,4-5,13-14,21H,2-3,6-12H2,(H2,20,22)/t13-/m0/s1. The van der Waals surface area contributed by atoms with E-state index in [0.717, 1.165) is 32.2 Å². The molecule has 2 saturated heterocycles. The van der Waals surface area contributed by atoms with Gasteiger partial charge in [0.15, 0.2) is 5.84 Å². The summed E-state index contributed by atoms with van der Waals surface area (Å²) in [4.78, 5) is 14.8. The Labute approximate surface area is 170 Å². The summed E-state index contributed by atoms with van der Waals surface area (Å²) < 4.78 is 40.6. The molecular weight excluding hydrogens is 396 g/mol. The Balaban J connectivity index is 1.40. The third-order valence-electron chi connectivity index (χ3n) is 5.62. The largest absolute Gasteiger partial charge is 0.492 e. The van der Waals surface area contributed by atoms with Crippen molar-refractivity contribution < 1.29 is 22.7 Å². The van der Waals surface area contributed by atoms with Crippen molar-refractivity contribution in [3.05, 3.63) is 23.8 Å². The zero-order valence-corrected chi connectivity index (χ0v) is 17.0. The zero-order chi connectivity index (χ0) is 20.4. The van der Waals surface area contributed by atoms with Crippen molar-refractivity contribution in [3.63, 3.8) is 0 Å². The van der Waals surface area contributed by atoms with Gasteiger partial charge in [-0.2, -0.15) is 8.42 Å². The Morgan fingerprint density at radius 2 is 2.10 bits per heavy atom. The maximum Gasteiger partial charge on any atom is 0.344 e. The highest BCUT2D eigenvalue weighted by atomic mass is 32.2. The van der Waals surface area contributed by atoms with Crippen molar-refractivity contribution in [3.8, 4) is 5.75 Å². The van der Waals surface area contributed by atoms with Crippen LogP contribution in [0.15, 0.2) is 22.6 Å². The number of nitrogens with one attached hydrogen (secondary N) is 1. The van der Waals surface area contributed by atoms with E-state index in [4.69, 9.17) is 15.2 Å². The summed E-state index contributed by atoms with van der Waals surface area (Å²) in [5.74, 6) is 0.893. The molecule has 0 aliphatic carbocycles. The first-order valence-corrected chi connectivity index (χ1v) is 11.4. The van der Waals surface area contributed by atoms with Gasteiger partial charge in [-0.25, -0.2) is 0 Å². The van der Waals surface area contributed by atoms with Gasteiger partial charge in [-0.1, -0.05) is 6.07 Å². The molecule has 0 aromatic heterocycles. The molecule has 10 heteroatoms. The molecule has 29 heavy (non-hydrogen) atoms. The second-order valence-corrected chi connectivity index (χ2v) is 9.06. The number of likely N-dealkylation sites (tertiary alicyclic amines) is 1. The van der Waals surface area contributed by atoms with Crippen LogP contribution in [0.5, 0.6) is 5.75 Å². The van der Waals surface area contributed by atoms with E-state index in [1.54, 1.807) is 18.2 Å². The molecule has 0 spiro atoms. The molecule has 2 fully saturated rings. The maximum absolute atomic E-state index is 12.8. The molecule has 158 valence electrons. The second kappa shape index (κ2) is 8.19. The topological polar surface area (TPSA) is 123 Å². The molecule has 3 N–H and O–H groups in total. The molecule has 0 bridgehead atoms. The first-order chi connectivity index (χ1) is 13.9.